The molecule has 0 spiro atoms. The summed E-state index contributed by atoms with van der Waals surface area (Å²) in [6.07, 6.45) is 1.21. The fourth-order valence-corrected chi connectivity index (χ4v) is 5.62. The van der Waals surface area contributed by atoms with Gasteiger partial charge in [-0.25, -0.2) is 0 Å². The number of hydrogen-bond acceptors (Lipinski definition) is 4. The first-order valence-corrected chi connectivity index (χ1v) is 10.0. The Kier molecular flexibility index (Phi) is 4.60. The van der Waals surface area contributed by atoms with Crippen LogP contribution in [0, 0.1) is 6.92 Å². The minimum Gasteiger partial charge on any atom is -0.495 e. The molecular weight excluding hydrogens is 360 g/mol. The summed E-state index contributed by atoms with van der Waals surface area (Å²) in [6.45, 7) is 1.96. The van der Waals surface area contributed by atoms with Gasteiger partial charge in [0.2, 0.25) is 11.8 Å². The highest BCUT2D eigenvalue weighted by atomic mass is 32.2. The van der Waals surface area contributed by atoms with Gasteiger partial charge in [0.05, 0.1) is 12.8 Å². The lowest BCUT2D eigenvalue weighted by Crippen LogP contribution is -2.48. The number of aryl methyl sites for hydroxylation is 1. The molecule has 27 heavy (non-hydrogen) atoms. The van der Waals surface area contributed by atoms with E-state index >= 15 is 0 Å². The van der Waals surface area contributed by atoms with Crippen molar-refractivity contribution in [3.8, 4) is 5.75 Å². The second-order valence-electron chi connectivity index (χ2n) is 6.93. The molecule has 2 heterocycles. The van der Waals surface area contributed by atoms with Gasteiger partial charge in [-0.05, 0) is 36.6 Å². The van der Waals surface area contributed by atoms with Gasteiger partial charge in [-0.2, -0.15) is 0 Å². The van der Waals surface area contributed by atoms with E-state index in [-0.39, 0.29) is 11.8 Å². The van der Waals surface area contributed by atoms with Crippen LogP contribution in [0.1, 0.15) is 24.0 Å². The quantitative estimate of drug-likeness (QED) is 0.879. The third kappa shape index (κ3) is 2.98. The van der Waals surface area contributed by atoms with E-state index in [1.54, 1.807) is 23.8 Å². The van der Waals surface area contributed by atoms with Gasteiger partial charge in [0.15, 0.2) is 0 Å². The van der Waals surface area contributed by atoms with E-state index in [4.69, 9.17) is 4.74 Å². The number of anilines is 1. The maximum atomic E-state index is 13.1. The Labute approximate surface area is 163 Å². The standard InChI is InChI=1S/C21H22N2O3S/c1-14-8-9-18(26-2)16(12-14)22-20(25)17-13-27-21(11-10-19(24)23(17)21)15-6-4-3-5-7-15/h3-9,12,17H,10-11,13H2,1-2H3,(H,22,25)/t17-,21+/m1/s1. The van der Waals surface area contributed by atoms with Crippen LogP contribution in [-0.2, 0) is 14.5 Å². The number of thioether (sulfide) groups is 1. The molecule has 2 amide bonds. The fourth-order valence-electron chi connectivity index (χ4n) is 3.97. The number of hydrogen-bond donors (Lipinski definition) is 1. The van der Waals surface area contributed by atoms with E-state index in [0.717, 1.165) is 17.5 Å². The highest BCUT2D eigenvalue weighted by molar-refractivity contribution is 8.00. The van der Waals surface area contributed by atoms with E-state index in [0.29, 0.717) is 23.6 Å². The Bertz CT molecular complexity index is 886. The molecule has 0 radical (unpaired) electrons. The Morgan fingerprint density at radius 3 is 2.78 bits per heavy atom. The number of methoxy groups -OCH3 is 1. The summed E-state index contributed by atoms with van der Waals surface area (Å²) in [4.78, 5) is 27.1. The summed E-state index contributed by atoms with van der Waals surface area (Å²) in [6, 6.07) is 15.2. The van der Waals surface area contributed by atoms with Gasteiger partial charge < -0.3 is 15.0 Å². The van der Waals surface area contributed by atoms with Crippen molar-refractivity contribution in [1.82, 2.24) is 4.90 Å². The first-order chi connectivity index (χ1) is 13.0. The van der Waals surface area contributed by atoms with Crippen molar-refractivity contribution < 1.29 is 14.3 Å². The number of fused-ring (bicyclic) bond motifs is 1. The third-order valence-corrected chi connectivity index (χ3v) is 6.86. The zero-order valence-corrected chi connectivity index (χ0v) is 16.2. The monoisotopic (exact) mass is 382 g/mol. The van der Waals surface area contributed by atoms with Crippen LogP contribution in [0.4, 0.5) is 5.69 Å². The zero-order valence-electron chi connectivity index (χ0n) is 15.4. The van der Waals surface area contributed by atoms with Gasteiger partial charge in [0.25, 0.3) is 0 Å². The van der Waals surface area contributed by atoms with Crippen molar-refractivity contribution in [3.63, 3.8) is 0 Å². The highest BCUT2D eigenvalue weighted by Crippen LogP contribution is 2.54. The number of nitrogens with zero attached hydrogens (tertiary/aromatic N) is 1. The molecule has 5 nitrogen and oxygen atoms in total. The normalized spacial score (nSPS) is 24.0. The van der Waals surface area contributed by atoms with Crippen LogP contribution < -0.4 is 10.1 Å². The van der Waals surface area contributed by atoms with Gasteiger partial charge in [0.1, 0.15) is 16.7 Å². The lowest BCUT2D eigenvalue weighted by molar-refractivity contribution is -0.136. The van der Waals surface area contributed by atoms with Gasteiger partial charge >= 0.3 is 0 Å². The van der Waals surface area contributed by atoms with Crippen molar-refractivity contribution in [2.24, 2.45) is 0 Å². The molecular formula is C21H22N2O3S. The molecule has 0 unspecified atom stereocenters. The van der Waals surface area contributed by atoms with Gasteiger partial charge in [-0.1, -0.05) is 36.4 Å². The summed E-state index contributed by atoms with van der Waals surface area (Å²) in [7, 11) is 1.58. The summed E-state index contributed by atoms with van der Waals surface area (Å²) < 4.78 is 5.36. The molecule has 0 aliphatic carbocycles. The molecule has 140 valence electrons. The van der Waals surface area contributed by atoms with E-state index in [1.807, 2.05) is 55.5 Å². The summed E-state index contributed by atoms with van der Waals surface area (Å²) in [5, 5.41) is 2.97. The number of amides is 2. The van der Waals surface area contributed by atoms with E-state index in [2.05, 4.69) is 5.32 Å². The lowest BCUT2D eigenvalue weighted by Gasteiger charge is -2.34. The smallest absolute Gasteiger partial charge is 0.248 e. The van der Waals surface area contributed by atoms with E-state index < -0.39 is 10.9 Å². The predicted molar refractivity (Wildman–Crippen MR) is 107 cm³/mol. The summed E-state index contributed by atoms with van der Waals surface area (Å²) >= 11 is 1.69. The van der Waals surface area contributed by atoms with Crippen molar-refractivity contribution in [3.05, 3.63) is 59.7 Å². The molecule has 2 aromatic carbocycles. The number of benzene rings is 2. The number of ether oxygens (including phenoxy) is 1. The topological polar surface area (TPSA) is 58.6 Å². The van der Waals surface area contributed by atoms with Crippen LogP contribution in [0.5, 0.6) is 5.75 Å². The largest absolute Gasteiger partial charge is 0.495 e. The molecule has 2 atom stereocenters. The fraction of sp³-hybridized carbons (Fsp3) is 0.333. The zero-order chi connectivity index (χ0) is 19.0. The van der Waals surface area contributed by atoms with Crippen LogP contribution in [-0.4, -0.2) is 35.6 Å². The van der Waals surface area contributed by atoms with Crippen LogP contribution in [0.15, 0.2) is 48.5 Å². The maximum Gasteiger partial charge on any atom is 0.248 e. The number of carbonyl (C=O) groups is 2. The van der Waals surface area contributed by atoms with Crippen LogP contribution >= 0.6 is 11.8 Å². The Balaban J connectivity index is 1.63. The van der Waals surface area contributed by atoms with Gasteiger partial charge in [0, 0.05) is 12.2 Å². The van der Waals surface area contributed by atoms with Crippen LogP contribution in [0.2, 0.25) is 0 Å². The molecule has 6 heteroatoms. The highest BCUT2D eigenvalue weighted by Gasteiger charge is 2.56. The first-order valence-electron chi connectivity index (χ1n) is 9.02. The minimum atomic E-state index is -0.490. The van der Waals surface area contributed by atoms with Gasteiger partial charge in [-0.3, -0.25) is 9.59 Å². The van der Waals surface area contributed by atoms with Crippen molar-refractivity contribution in [1.29, 1.82) is 0 Å². The average molecular weight is 382 g/mol. The third-order valence-electron chi connectivity index (χ3n) is 5.27. The molecule has 2 saturated heterocycles. The Morgan fingerprint density at radius 1 is 1.26 bits per heavy atom. The number of nitrogens with one attached hydrogen (secondary N) is 1. The second-order valence-corrected chi connectivity index (χ2v) is 8.23. The van der Waals surface area contributed by atoms with E-state index in [9.17, 15) is 9.59 Å². The number of carbonyl (C=O) groups excluding carboxylic acids is 2. The van der Waals surface area contributed by atoms with Crippen molar-refractivity contribution in [2.45, 2.75) is 30.7 Å². The van der Waals surface area contributed by atoms with Crippen LogP contribution in [0.3, 0.4) is 0 Å². The molecule has 1 N–H and O–H groups in total. The first kappa shape index (κ1) is 17.9. The maximum absolute atomic E-state index is 13.1. The molecule has 2 aromatic rings. The number of rotatable bonds is 4. The second kappa shape index (κ2) is 6.93. The molecule has 0 saturated carbocycles. The summed E-state index contributed by atoms with van der Waals surface area (Å²) in [5.74, 6) is 1.07. The molecule has 0 aromatic heterocycles. The minimum absolute atomic E-state index is 0.0419. The van der Waals surface area contributed by atoms with E-state index in [1.165, 1.54) is 0 Å². The SMILES string of the molecule is COc1ccc(C)cc1NC(=O)[C@H]1CS[C@]2(c3ccccc3)CCC(=O)N12. The predicted octanol–water partition coefficient (Wildman–Crippen LogP) is 3.53. The Morgan fingerprint density at radius 2 is 2.04 bits per heavy atom. The van der Waals surface area contributed by atoms with Crippen LogP contribution in [0.25, 0.3) is 0 Å². The lowest BCUT2D eigenvalue weighted by atomic mass is 10.0. The van der Waals surface area contributed by atoms with Gasteiger partial charge in [-0.15, -0.1) is 11.8 Å². The molecule has 4 rings (SSSR count). The van der Waals surface area contributed by atoms with Crippen molar-refractivity contribution in [2.75, 3.05) is 18.2 Å². The average Bonchev–Trinajstić information content (AvgIpc) is 3.22. The molecule has 2 aliphatic rings. The Hall–Kier alpha value is -2.47. The molecule has 2 aliphatic heterocycles. The molecule has 0 bridgehead atoms. The molecule has 2 fully saturated rings. The van der Waals surface area contributed by atoms with Crippen molar-refractivity contribution >= 4 is 29.3 Å². The summed E-state index contributed by atoms with van der Waals surface area (Å²) in [5.41, 5.74) is 2.75.